The van der Waals surface area contributed by atoms with Crippen LogP contribution in [0.15, 0.2) is 29.1 Å². The number of halogens is 1. The molecule has 0 saturated carbocycles. The number of piperidine rings is 1. The predicted molar refractivity (Wildman–Crippen MR) is 114 cm³/mol. The van der Waals surface area contributed by atoms with E-state index in [-0.39, 0.29) is 23.8 Å². The first-order valence-electron chi connectivity index (χ1n) is 10.7. The molecule has 0 aliphatic carbocycles. The summed E-state index contributed by atoms with van der Waals surface area (Å²) in [6, 6.07) is 6.14. The molecule has 1 saturated heterocycles. The zero-order valence-electron chi connectivity index (χ0n) is 17.9. The van der Waals surface area contributed by atoms with Gasteiger partial charge in [-0.15, -0.1) is 0 Å². The van der Waals surface area contributed by atoms with Crippen LogP contribution < -0.4 is 10.5 Å². The maximum Gasteiger partial charge on any atom is 0.257 e. The predicted octanol–water partition coefficient (Wildman–Crippen LogP) is 3.01. The molecule has 2 aliphatic heterocycles. The highest BCUT2D eigenvalue weighted by atomic mass is 19.1. The van der Waals surface area contributed by atoms with Gasteiger partial charge in [0.2, 0.25) is 11.9 Å². The number of H-pyrrole nitrogens is 1. The van der Waals surface area contributed by atoms with Crippen LogP contribution >= 0.6 is 0 Å². The Morgan fingerprint density at radius 3 is 2.83 bits per heavy atom. The van der Waals surface area contributed by atoms with E-state index in [1.54, 1.807) is 30.9 Å². The third kappa shape index (κ3) is 3.85. The Balaban J connectivity index is 1.56. The van der Waals surface area contributed by atoms with Crippen LogP contribution in [0, 0.1) is 11.7 Å². The molecule has 2 aliphatic rings. The highest BCUT2D eigenvalue weighted by Crippen LogP contribution is 2.29. The van der Waals surface area contributed by atoms with Crippen molar-refractivity contribution in [2.24, 2.45) is 5.92 Å². The van der Waals surface area contributed by atoms with Gasteiger partial charge >= 0.3 is 0 Å². The third-order valence-corrected chi connectivity index (χ3v) is 6.38. The Kier molecular flexibility index (Phi) is 5.38. The molecule has 1 unspecified atom stereocenters. The molecule has 1 aromatic heterocycles. The quantitative estimate of drug-likeness (QED) is 0.842. The summed E-state index contributed by atoms with van der Waals surface area (Å²) in [4.78, 5) is 37.6. The van der Waals surface area contributed by atoms with E-state index in [9.17, 15) is 14.0 Å². The van der Waals surface area contributed by atoms with E-state index >= 15 is 0 Å². The van der Waals surface area contributed by atoms with Crippen molar-refractivity contribution in [2.75, 3.05) is 24.5 Å². The second kappa shape index (κ2) is 7.85. The number of carbonyl (C=O) groups is 1. The number of nitrogens with one attached hydrogen (secondary N) is 1. The summed E-state index contributed by atoms with van der Waals surface area (Å²) in [5.41, 5.74) is 0.899. The Morgan fingerprint density at radius 2 is 2.10 bits per heavy atom. The van der Waals surface area contributed by atoms with Gasteiger partial charge in [-0.2, -0.15) is 0 Å². The normalized spacial score (nSPS) is 19.5. The molecular formula is C23H29FN4O2. The topological polar surface area (TPSA) is 69.3 Å². The highest BCUT2D eigenvalue weighted by molar-refractivity contribution is 5.87. The van der Waals surface area contributed by atoms with Crippen molar-refractivity contribution in [3.05, 3.63) is 57.3 Å². The van der Waals surface area contributed by atoms with Crippen LogP contribution in [-0.4, -0.2) is 40.4 Å². The fourth-order valence-electron chi connectivity index (χ4n) is 4.51. The summed E-state index contributed by atoms with van der Waals surface area (Å²) >= 11 is 0. The molecule has 4 rings (SSSR count). The lowest BCUT2D eigenvalue weighted by atomic mass is 9.82. The van der Waals surface area contributed by atoms with E-state index < -0.39 is 5.41 Å². The molecule has 6 nitrogen and oxygen atoms in total. The lowest BCUT2D eigenvalue weighted by molar-refractivity contribution is -0.137. The molecule has 1 amide bonds. The number of anilines is 1. The summed E-state index contributed by atoms with van der Waals surface area (Å²) in [6.07, 6.45) is 2.84. The Bertz CT molecular complexity index is 1020. The van der Waals surface area contributed by atoms with E-state index in [4.69, 9.17) is 4.98 Å². The van der Waals surface area contributed by atoms with E-state index in [2.05, 4.69) is 16.8 Å². The zero-order valence-corrected chi connectivity index (χ0v) is 17.9. The highest BCUT2D eigenvalue weighted by Gasteiger charge is 2.36. The molecule has 1 fully saturated rings. The molecule has 0 radical (unpaired) electrons. The largest absolute Gasteiger partial charge is 0.342 e. The third-order valence-electron chi connectivity index (χ3n) is 6.38. The Morgan fingerprint density at radius 1 is 1.30 bits per heavy atom. The number of aromatic nitrogens is 2. The number of aromatic amines is 1. The molecule has 0 spiro atoms. The van der Waals surface area contributed by atoms with Crippen LogP contribution in [0.25, 0.3) is 0 Å². The Hall–Kier alpha value is -2.70. The number of carbonyl (C=O) groups excluding carboxylic acids is 1. The Labute approximate surface area is 176 Å². The number of benzene rings is 1. The molecule has 7 heteroatoms. The van der Waals surface area contributed by atoms with Gasteiger partial charge in [0.05, 0.1) is 23.2 Å². The van der Waals surface area contributed by atoms with E-state index in [0.717, 1.165) is 25.2 Å². The number of rotatable bonds is 3. The average Bonchev–Trinajstić information content (AvgIpc) is 2.73. The number of nitrogens with zero attached hydrogens (tertiary/aromatic N) is 3. The van der Waals surface area contributed by atoms with Gasteiger partial charge in [0.1, 0.15) is 5.82 Å². The number of hydrogen-bond acceptors (Lipinski definition) is 4. The minimum atomic E-state index is -0.885. The first-order chi connectivity index (χ1) is 14.3. The second-order valence-electron chi connectivity index (χ2n) is 9.12. The van der Waals surface area contributed by atoms with Crippen LogP contribution in [0.5, 0.6) is 0 Å². The lowest BCUT2D eigenvalue weighted by Gasteiger charge is -2.36. The van der Waals surface area contributed by atoms with Gasteiger partial charge in [0.15, 0.2) is 0 Å². The zero-order chi connectivity index (χ0) is 21.5. The molecule has 1 atom stereocenters. The SMILES string of the molecule is CC1CCCN(c2nc3c(c(=O)[nH]2)CN(C(=O)C(C)(C)c2cccc(F)c2)CC3)C1. The van der Waals surface area contributed by atoms with Crippen molar-refractivity contribution in [3.63, 3.8) is 0 Å². The van der Waals surface area contributed by atoms with Crippen LogP contribution in [0.1, 0.15) is 50.4 Å². The van der Waals surface area contributed by atoms with Crippen LogP contribution in [0.4, 0.5) is 10.3 Å². The van der Waals surface area contributed by atoms with Gasteiger partial charge < -0.3 is 9.80 Å². The summed E-state index contributed by atoms with van der Waals surface area (Å²) in [7, 11) is 0. The fraction of sp³-hybridized carbons (Fsp3) is 0.522. The maximum atomic E-state index is 13.7. The number of hydrogen-bond donors (Lipinski definition) is 1. The molecule has 1 N–H and O–H groups in total. The minimum Gasteiger partial charge on any atom is -0.342 e. The van der Waals surface area contributed by atoms with E-state index in [0.29, 0.717) is 36.0 Å². The van der Waals surface area contributed by atoms with Gasteiger partial charge in [-0.05, 0) is 50.3 Å². The van der Waals surface area contributed by atoms with Crippen LogP contribution in [-0.2, 0) is 23.2 Å². The van der Waals surface area contributed by atoms with Crippen molar-refractivity contribution in [2.45, 2.75) is 52.0 Å². The summed E-state index contributed by atoms with van der Waals surface area (Å²) in [6.45, 7) is 8.33. The molecule has 2 aromatic rings. The summed E-state index contributed by atoms with van der Waals surface area (Å²) < 4.78 is 13.7. The molecule has 1 aromatic carbocycles. The van der Waals surface area contributed by atoms with Gasteiger partial charge in [-0.25, -0.2) is 9.37 Å². The first-order valence-corrected chi connectivity index (χ1v) is 10.7. The van der Waals surface area contributed by atoms with E-state index in [1.807, 2.05) is 0 Å². The van der Waals surface area contributed by atoms with Gasteiger partial charge in [0.25, 0.3) is 5.56 Å². The van der Waals surface area contributed by atoms with Crippen LogP contribution in [0.2, 0.25) is 0 Å². The second-order valence-corrected chi connectivity index (χ2v) is 9.12. The lowest BCUT2D eigenvalue weighted by Crippen LogP contribution is -2.47. The molecule has 0 bridgehead atoms. The minimum absolute atomic E-state index is 0.118. The fourth-order valence-corrected chi connectivity index (χ4v) is 4.51. The standard InChI is InChI=1S/C23H29FN4O2/c1-15-6-5-10-28(13-15)22-25-19-9-11-27(14-18(19)20(29)26-22)21(30)23(2,3)16-7-4-8-17(24)12-16/h4,7-8,12,15H,5-6,9-11,13-14H2,1-3H3,(H,25,26,29). The van der Waals surface area contributed by atoms with E-state index in [1.165, 1.54) is 18.6 Å². The maximum absolute atomic E-state index is 13.7. The molecule has 160 valence electrons. The van der Waals surface area contributed by atoms with Gasteiger partial charge in [-0.1, -0.05) is 19.1 Å². The monoisotopic (exact) mass is 412 g/mol. The summed E-state index contributed by atoms with van der Waals surface area (Å²) in [5.74, 6) is 0.744. The van der Waals surface area contributed by atoms with Crippen molar-refractivity contribution in [3.8, 4) is 0 Å². The molecular weight excluding hydrogens is 383 g/mol. The smallest absolute Gasteiger partial charge is 0.257 e. The average molecular weight is 413 g/mol. The first kappa shape index (κ1) is 20.6. The molecule has 30 heavy (non-hydrogen) atoms. The van der Waals surface area contributed by atoms with Crippen molar-refractivity contribution in [1.82, 2.24) is 14.9 Å². The van der Waals surface area contributed by atoms with Crippen molar-refractivity contribution < 1.29 is 9.18 Å². The number of amides is 1. The van der Waals surface area contributed by atoms with Crippen LogP contribution in [0.3, 0.4) is 0 Å². The summed E-state index contributed by atoms with van der Waals surface area (Å²) in [5, 5.41) is 0. The van der Waals surface area contributed by atoms with Crippen molar-refractivity contribution in [1.29, 1.82) is 0 Å². The van der Waals surface area contributed by atoms with Crippen molar-refractivity contribution >= 4 is 11.9 Å². The van der Waals surface area contributed by atoms with Gasteiger partial charge in [0, 0.05) is 26.1 Å². The van der Waals surface area contributed by atoms with Gasteiger partial charge in [-0.3, -0.25) is 14.6 Å². The number of fused-ring (bicyclic) bond motifs is 1. The molecule has 3 heterocycles.